The van der Waals surface area contributed by atoms with E-state index < -0.39 is 0 Å². The van der Waals surface area contributed by atoms with Crippen molar-refractivity contribution < 1.29 is 0 Å². The van der Waals surface area contributed by atoms with E-state index in [4.69, 9.17) is 0 Å². The van der Waals surface area contributed by atoms with Gasteiger partial charge >= 0.3 is 0 Å². The Bertz CT molecular complexity index is 478. The van der Waals surface area contributed by atoms with E-state index in [1.807, 2.05) is 26.5 Å². The molecule has 5 heteroatoms. The van der Waals surface area contributed by atoms with Crippen LogP contribution in [0.3, 0.4) is 0 Å². The number of hydrogen-bond donors (Lipinski definition) is 1. The highest BCUT2D eigenvalue weighted by Gasteiger charge is 2.12. The van der Waals surface area contributed by atoms with Gasteiger partial charge in [-0.15, -0.1) is 11.3 Å². The van der Waals surface area contributed by atoms with E-state index >= 15 is 0 Å². The van der Waals surface area contributed by atoms with Crippen LogP contribution in [-0.4, -0.2) is 16.6 Å². The van der Waals surface area contributed by atoms with Gasteiger partial charge in [-0.25, -0.2) is 4.98 Å². The molecule has 92 valence electrons. The minimum atomic E-state index is 0.423. The van der Waals surface area contributed by atoms with Crippen molar-refractivity contribution in [3.05, 3.63) is 38.1 Å². The standard InChI is InChI=1S/C12H16IN3S/c1-14-10(9-7-11(13)17-8-9)3-4-12-15-5-6-16(12)2/h5-8,10,14H,3-4H2,1-2H3. The topological polar surface area (TPSA) is 29.9 Å². The van der Waals surface area contributed by atoms with E-state index in [0.29, 0.717) is 6.04 Å². The summed E-state index contributed by atoms with van der Waals surface area (Å²) in [7, 11) is 4.07. The number of thiophene rings is 1. The van der Waals surface area contributed by atoms with Crippen LogP contribution in [0.5, 0.6) is 0 Å². The first-order valence-corrected chi connectivity index (χ1v) is 7.54. The van der Waals surface area contributed by atoms with Crippen LogP contribution >= 0.6 is 33.9 Å². The Labute approximate surface area is 119 Å². The lowest BCUT2D eigenvalue weighted by atomic mass is 10.1. The molecule has 1 N–H and O–H groups in total. The van der Waals surface area contributed by atoms with Crippen LogP contribution in [0.2, 0.25) is 0 Å². The summed E-state index contributed by atoms with van der Waals surface area (Å²) in [6.45, 7) is 0. The number of imidazole rings is 1. The molecule has 2 aromatic heterocycles. The van der Waals surface area contributed by atoms with Gasteiger partial charge in [0.1, 0.15) is 5.82 Å². The maximum atomic E-state index is 4.36. The van der Waals surface area contributed by atoms with E-state index in [-0.39, 0.29) is 0 Å². The summed E-state index contributed by atoms with van der Waals surface area (Å²) in [4.78, 5) is 4.36. The highest BCUT2D eigenvalue weighted by molar-refractivity contribution is 14.1. The van der Waals surface area contributed by atoms with Crippen LogP contribution in [0.25, 0.3) is 0 Å². The number of rotatable bonds is 5. The van der Waals surface area contributed by atoms with E-state index in [2.05, 4.69) is 48.9 Å². The van der Waals surface area contributed by atoms with Crippen molar-refractivity contribution in [3.63, 3.8) is 0 Å². The molecular weight excluding hydrogens is 345 g/mol. The number of hydrogen-bond acceptors (Lipinski definition) is 3. The molecule has 0 saturated carbocycles. The molecule has 0 aliphatic rings. The van der Waals surface area contributed by atoms with Crippen molar-refractivity contribution >= 4 is 33.9 Å². The summed E-state index contributed by atoms with van der Waals surface area (Å²) < 4.78 is 3.43. The van der Waals surface area contributed by atoms with Crippen molar-refractivity contribution in [2.75, 3.05) is 7.05 Å². The second-order valence-electron chi connectivity index (χ2n) is 4.02. The van der Waals surface area contributed by atoms with Gasteiger partial charge in [-0.3, -0.25) is 0 Å². The van der Waals surface area contributed by atoms with Crippen LogP contribution in [0.15, 0.2) is 23.8 Å². The fourth-order valence-corrected chi connectivity index (χ4v) is 3.32. The van der Waals surface area contributed by atoms with Crippen molar-refractivity contribution in [1.82, 2.24) is 14.9 Å². The average Bonchev–Trinajstić information content (AvgIpc) is 2.90. The molecule has 1 atom stereocenters. The largest absolute Gasteiger partial charge is 0.338 e. The molecule has 0 aliphatic carbocycles. The molecule has 0 amide bonds. The summed E-state index contributed by atoms with van der Waals surface area (Å²) in [5, 5.41) is 5.62. The number of halogens is 1. The molecule has 2 aromatic rings. The molecular formula is C12H16IN3S. The third-order valence-corrected chi connectivity index (χ3v) is 4.72. The molecule has 0 aromatic carbocycles. The Morgan fingerprint density at radius 1 is 1.59 bits per heavy atom. The minimum absolute atomic E-state index is 0.423. The molecule has 0 fully saturated rings. The van der Waals surface area contributed by atoms with Crippen molar-refractivity contribution in [2.45, 2.75) is 18.9 Å². The monoisotopic (exact) mass is 361 g/mol. The van der Waals surface area contributed by atoms with E-state index in [1.165, 1.54) is 8.45 Å². The Morgan fingerprint density at radius 2 is 2.41 bits per heavy atom. The highest BCUT2D eigenvalue weighted by atomic mass is 127. The first kappa shape index (κ1) is 13.0. The third-order valence-electron chi connectivity index (χ3n) is 2.92. The van der Waals surface area contributed by atoms with E-state index in [9.17, 15) is 0 Å². The lowest BCUT2D eigenvalue weighted by molar-refractivity contribution is 0.537. The van der Waals surface area contributed by atoms with Gasteiger partial charge < -0.3 is 9.88 Å². The smallest absolute Gasteiger partial charge is 0.108 e. The second kappa shape index (κ2) is 5.97. The zero-order valence-corrected chi connectivity index (χ0v) is 13.0. The maximum absolute atomic E-state index is 4.36. The van der Waals surface area contributed by atoms with Gasteiger partial charge in [0.2, 0.25) is 0 Å². The van der Waals surface area contributed by atoms with E-state index in [1.54, 1.807) is 11.3 Å². The van der Waals surface area contributed by atoms with Crippen molar-refractivity contribution in [1.29, 1.82) is 0 Å². The maximum Gasteiger partial charge on any atom is 0.108 e. The molecule has 0 radical (unpaired) electrons. The normalized spacial score (nSPS) is 12.9. The van der Waals surface area contributed by atoms with E-state index in [0.717, 1.165) is 18.7 Å². The Balaban J connectivity index is 1.99. The van der Waals surface area contributed by atoms with Crippen LogP contribution in [0.4, 0.5) is 0 Å². The number of nitrogens with zero attached hydrogens (tertiary/aromatic N) is 2. The number of nitrogens with one attached hydrogen (secondary N) is 1. The molecule has 3 nitrogen and oxygen atoms in total. The van der Waals surface area contributed by atoms with Crippen LogP contribution in [-0.2, 0) is 13.5 Å². The molecule has 17 heavy (non-hydrogen) atoms. The van der Waals surface area contributed by atoms with Crippen molar-refractivity contribution in [3.8, 4) is 0 Å². The Morgan fingerprint density at radius 3 is 2.94 bits per heavy atom. The van der Waals surface area contributed by atoms with Gasteiger partial charge in [-0.1, -0.05) is 0 Å². The molecule has 0 spiro atoms. The molecule has 0 saturated heterocycles. The third kappa shape index (κ3) is 3.29. The number of aryl methyl sites for hydroxylation is 2. The molecule has 0 aliphatic heterocycles. The van der Waals surface area contributed by atoms with Gasteiger partial charge in [0, 0.05) is 31.9 Å². The highest BCUT2D eigenvalue weighted by Crippen LogP contribution is 2.25. The summed E-state index contributed by atoms with van der Waals surface area (Å²) >= 11 is 4.17. The predicted molar refractivity (Wildman–Crippen MR) is 80.4 cm³/mol. The van der Waals surface area contributed by atoms with Crippen LogP contribution in [0.1, 0.15) is 23.9 Å². The SMILES string of the molecule is CNC(CCc1nccn1C)c1csc(I)c1. The Kier molecular flexibility index (Phi) is 4.58. The molecule has 1 unspecified atom stereocenters. The van der Waals surface area contributed by atoms with Crippen LogP contribution < -0.4 is 5.32 Å². The molecule has 2 heterocycles. The number of aromatic nitrogens is 2. The van der Waals surface area contributed by atoms with Crippen LogP contribution in [0, 0.1) is 2.88 Å². The van der Waals surface area contributed by atoms with Gasteiger partial charge in [0.25, 0.3) is 0 Å². The summed E-state index contributed by atoms with van der Waals surface area (Å²) in [5.41, 5.74) is 1.39. The van der Waals surface area contributed by atoms with Crippen molar-refractivity contribution in [2.24, 2.45) is 7.05 Å². The molecule has 0 bridgehead atoms. The average molecular weight is 361 g/mol. The fraction of sp³-hybridized carbons (Fsp3) is 0.417. The predicted octanol–water partition coefficient (Wildman–Crippen LogP) is 2.98. The first-order chi connectivity index (χ1) is 8.20. The quantitative estimate of drug-likeness (QED) is 0.830. The first-order valence-electron chi connectivity index (χ1n) is 5.58. The summed E-state index contributed by atoms with van der Waals surface area (Å²) in [6, 6.07) is 2.68. The minimum Gasteiger partial charge on any atom is -0.338 e. The zero-order valence-electron chi connectivity index (χ0n) is 9.98. The van der Waals surface area contributed by atoms with Gasteiger partial charge in [-0.05, 0) is 53.1 Å². The zero-order chi connectivity index (χ0) is 12.3. The van der Waals surface area contributed by atoms with Gasteiger partial charge in [0.15, 0.2) is 0 Å². The summed E-state index contributed by atoms with van der Waals surface area (Å²) in [6.07, 6.45) is 5.93. The summed E-state index contributed by atoms with van der Waals surface area (Å²) in [5.74, 6) is 1.15. The Hall–Kier alpha value is -0.400. The fourth-order valence-electron chi connectivity index (χ4n) is 1.89. The second-order valence-corrected chi connectivity index (χ2v) is 6.82. The van der Waals surface area contributed by atoms with Gasteiger partial charge in [0.05, 0.1) is 2.88 Å². The molecule has 2 rings (SSSR count). The van der Waals surface area contributed by atoms with Gasteiger partial charge in [-0.2, -0.15) is 0 Å². The lowest BCUT2D eigenvalue weighted by Gasteiger charge is -2.14. The lowest BCUT2D eigenvalue weighted by Crippen LogP contribution is -2.17.